The van der Waals surface area contributed by atoms with E-state index in [-0.39, 0.29) is 16.8 Å². The number of carbonyl (C=O) groups is 1. The molecule has 0 aliphatic heterocycles. The number of rotatable bonds is 6. The van der Waals surface area contributed by atoms with Gasteiger partial charge in [0, 0.05) is 13.0 Å². The molecule has 0 spiro atoms. The van der Waals surface area contributed by atoms with E-state index in [1.807, 2.05) is 20.8 Å². The molecular weight excluding hydrogens is 252 g/mol. The summed E-state index contributed by atoms with van der Waals surface area (Å²) in [6.45, 7) is 19.2. The average molecular weight is 286 g/mol. The maximum Gasteiger partial charge on any atom is 0.314 e. The smallest absolute Gasteiger partial charge is 0.314 e. The highest BCUT2D eigenvalue weighted by molar-refractivity contribution is 5.77. The van der Waals surface area contributed by atoms with Crippen LogP contribution in [0.25, 0.3) is 0 Å². The summed E-state index contributed by atoms with van der Waals surface area (Å²) in [6, 6.07) is 0. The second-order valence-corrected chi connectivity index (χ2v) is 8.02. The Bertz CT molecular complexity index is 309. The highest BCUT2D eigenvalue weighted by atomic mass is 16.7. The van der Waals surface area contributed by atoms with E-state index in [4.69, 9.17) is 9.47 Å². The molecular formula is C17H34O3. The monoisotopic (exact) mass is 286 g/mol. The Kier molecular flexibility index (Phi) is 6.73. The van der Waals surface area contributed by atoms with Gasteiger partial charge in [-0.2, -0.15) is 0 Å². The van der Waals surface area contributed by atoms with Crippen LogP contribution in [0, 0.1) is 16.2 Å². The topological polar surface area (TPSA) is 35.5 Å². The average Bonchev–Trinajstić information content (AvgIpc) is 2.24. The minimum Gasteiger partial charge on any atom is -0.435 e. The van der Waals surface area contributed by atoms with Crippen molar-refractivity contribution < 1.29 is 14.3 Å². The molecule has 0 rings (SSSR count). The quantitative estimate of drug-likeness (QED) is 0.520. The molecule has 120 valence electrons. The van der Waals surface area contributed by atoms with Gasteiger partial charge >= 0.3 is 5.97 Å². The fourth-order valence-corrected chi connectivity index (χ4v) is 2.37. The molecule has 0 fully saturated rings. The Balaban J connectivity index is 5.19. The Morgan fingerprint density at radius 1 is 1.00 bits per heavy atom. The first-order valence-electron chi connectivity index (χ1n) is 7.70. The van der Waals surface area contributed by atoms with E-state index in [1.54, 1.807) is 0 Å². The fraction of sp³-hybridized carbons (Fsp3) is 0.941. The Morgan fingerprint density at radius 3 is 1.80 bits per heavy atom. The van der Waals surface area contributed by atoms with E-state index in [1.165, 1.54) is 0 Å². The molecule has 0 saturated carbocycles. The van der Waals surface area contributed by atoms with Crippen molar-refractivity contribution in [3.05, 3.63) is 0 Å². The lowest BCUT2D eigenvalue weighted by Crippen LogP contribution is -2.45. The van der Waals surface area contributed by atoms with E-state index in [0.29, 0.717) is 13.0 Å². The van der Waals surface area contributed by atoms with Gasteiger partial charge in [-0.1, -0.05) is 48.5 Å². The molecule has 0 aromatic heterocycles. The summed E-state index contributed by atoms with van der Waals surface area (Å²) in [5.41, 5.74) is -0.633. The summed E-state index contributed by atoms with van der Waals surface area (Å²) in [5, 5.41) is 0. The first-order chi connectivity index (χ1) is 8.87. The molecule has 0 aliphatic rings. The van der Waals surface area contributed by atoms with Crippen molar-refractivity contribution in [3.8, 4) is 0 Å². The van der Waals surface area contributed by atoms with Gasteiger partial charge in [0.2, 0.25) is 6.29 Å². The van der Waals surface area contributed by atoms with Gasteiger partial charge in [0.15, 0.2) is 0 Å². The van der Waals surface area contributed by atoms with E-state index < -0.39 is 11.7 Å². The van der Waals surface area contributed by atoms with Crippen LogP contribution in [-0.4, -0.2) is 18.9 Å². The molecule has 0 N–H and O–H groups in total. The predicted octanol–water partition coefficient (Wildman–Crippen LogP) is 4.79. The van der Waals surface area contributed by atoms with Crippen LogP contribution in [-0.2, 0) is 14.3 Å². The van der Waals surface area contributed by atoms with Crippen LogP contribution in [0.2, 0.25) is 0 Å². The summed E-state index contributed by atoms with van der Waals surface area (Å²) in [5.74, 6) is -0.153. The predicted molar refractivity (Wildman–Crippen MR) is 83.4 cm³/mol. The van der Waals surface area contributed by atoms with Gasteiger partial charge < -0.3 is 9.47 Å². The van der Waals surface area contributed by atoms with Gasteiger partial charge in [0.05, 0.1) is 5.41 Å². The highest BCUT2D eigenvalue weighted by Crippen LogP contribution is 2.47. The number of esters is 1. The van der Waals surface area contributed by atoms with Crippen molar-refractivity contribution in [2.75, 3.05) is 6.61 Å². The van der Waals surface area contributed by atoms with Gasteiger partial charge in [-0.15, -0.1) is 0 Å². The molecule has 0 heterocycles. The molecule has 0 aromatic carbocycles. The number of hydrogen-bond donors (Lipinski definition) is 0. The third-order valence-electron chi connectivity index (χ3n) is 3.91. The lowest BCUT2D eigenvalue weighted by Gasteiger charge is -2.43. The summed E-state index contributed by atoms with van der Waals surface area (Å²) in [4.78, 5) is 12.7. The number of ether oxygens (including phenoxy) is 2. The third-order valence-corrected chi connectivity index (χ3v) is 3.91. The SMILES string of the molecule is CCOC(CC)OC(=O)C(C)(CC(C)(C)C)C(C)(C)C. The van der Waals surface area contributed by atoms with Gasteiger partial charge in [-0.25, -0.2) is 0 Å². The van der Waals surface area contributed by atoms with Crippen LogP contribution in [0.15, 0.2) is 0 Å². The molecule has 0 radical (unpaired) electrons. The second kappa shape index (κ2) is 6.93. The lowest BCUT2D eigenvalue weighted by molar-refractivity contribution is -0.197. The summed E-state index contributed by atoms with van der Waals surface area (Å²) in [7, 11) is 0. The van der Waals surface area contributed by atoms with E-state index in [0.717, 1.165) is 6.42 Å². The zero-order valence-electron chi connectivity index (χ0n) is 14.9. The van der Waals surface area contributed by atoms with Crippen LogP contribution in [0.1, 0.15) is 75.2 Å². The van der Waals surface area contributed by atoms with Crippen molar-refractivity contribution in [2.24, 2.45) is 16.2 Å². The number of hydrogen-bond acceptors (Lipinski definition) is 3. The summed E-state index contributed by atoms with van der Waals surface area (Å²) < 4.78 is 11.1. The van der Waals surface area contributed by atoms with Gasteiger partial charge in [-0.05, 0) is 31.1 Å². The van der Waals surface area contributed by atoms with E-state index in [2.05, 4.69) is 41.5 Å². The maximum absolute atomic E-state index is 12.7. The molecule has 0 aliphatic carbocycles. The summed E-state index contributed by atoms with van der Waals surface area (Å²) >= 11 is 0. The lowest BCUT2D eigenvalue weighted by atomic mass is 9.61. The van der Waals surface area contributed by atoms with E-state index in [9.17, 15) is 4.79 Å². The van der Waals surface area contributed by atoms with Crippen molar-refractivity contribution in [3.63, 3.8) is 0 Å². The third kappa shape index (κ3) is 5.43. The van der Waals surface area contributed by atoms with Crippen molar-refractivity contribution in [1.29, 1.82) is 0 Å². The van der Waals surface area contributed by atoms with Crippen LogP contribution in [0.3, 0.4) is 0 Å². The van der Waals surface area contributed by atoms with E-state index >= 15 is 0 Å². The second-order valence-electron chi connectivity index (χ2n) is 8.02. The first kappa shape index (κ1) is 19.4. The largest absolute Gasteiger partial charge is 0.435 e. The minimum atomic E-state index is -0.532. The molecule has 2 atom stereocenters. The number of carbonyl (C=O) groups excluding carboxylic acids is 1. The molecule has 3 heteroatoms. The van der Waals surface area contributed by atoms with Crippen molar-refractivity contribution in [1.82, 2.24) is 0 Å². The molecule has 0 bridgehead atoms. The molecule has 20 heavy (non-hydrogen) atoms. The molecule has 0 aromatic rings. The zero-order chi connectivity index (χ0) is 16.2. The van der Waals surface area contributed by atoms with Crippen LogP contribution in [0.4, 0.5) is 0 Å². The Labute approximate surface area is 125 Å². The maximum atomic E-state index is 12.7. The van der Waals surface area contributed by atoms with Gasteiger partial charge in [0.1, 0.15) is 0 Å². The molecule has 3 nitrogen and oxygen atoms in total. The highest BCUT2D eigenvalue weighted by Gasteiger charge is 2.48. The molecule has 0 amide bonds. The van der Waals surface area contributed by atoms with Gasteiger partial charge in [0.25, 0.3) is 0 Å². The summed E-state index contributed by atoms with van der Waals surface area (Å²) in [6.07, 6.45) is 1.02. The zero-order valence-corrected chi connectivity index (χ0v) is 14.9. The normalized spacial score (nSPS) is 17.4. The van der Waals surface area contributed by atoms with Gasteiger partial charge in [-0.3, -0.25) is 4.79 Å². The van der Waals surface area contributed by atoms with Crippen LogP contribution >= 0.6 is 0 Å². The minimum absolute atomic E-state index is 0.0639. The van der Waals surface area contributed by atoms with Crippen LogP contribution < -0.4 is 0 Å². The Morgan fingerprint density at radius 2 is 1.50 bits per heavy atom. The molecule has 2 unspecified atom stereocenters. The van der Waals surface area contributed by atoms with Crippen molar-refractivity contribution in [2.45, 2.75) is 81.4 Å². The first-order valence-corrected chi connectivity index (χ1v) is 7.70. The Hall–Kier alpha value is -0.570. The van der Waals surface area contributed by atoms with Crippen LogP contribution in [0.5, 0.6) is 0 Å². The molecule has 0 saturated heterocycles. The van der Waals surface area contributed by atoms with Crippen molar-refractivity contribution >= 4 is 5.97 Å². The standard InChI is InChI=1S/C17H34O3/c1-10-13(19-11-2)20-14(18)17(9,16(6,7)8)12-15(3,4)5/h13H,10-12H2,1-9H3. The fourth-order valence-electron chi connectivity index (χ4n) is 2.37.